The summed E-state index contributed by atoms with van der Waals surface area (Å²) in [6.07, 6.45) is 16.7. The van der Waals surface area contributed by atoms with Crippen molar-refractivity contribution in [1.29, 1.82) is 0 Å². The summed E-state index contributed by atoms with van der Waals surface area (Å²) >= 11 is 0. The lowest BCUT2D eigenvalue weighted by atomic mass is 9.49. The van der Waals surface area contributed by atoms with Crippen molar-refractivity contribution in [2.24, 2.45) is 64.6 Å². The normalized spacial score (nSPS) is 54.6. The molecule has 0 heterocycles. The van der Waals surface area contributed by atoms with Gasteiger partial charge in [0, 0.05) is 12.0 Å². The second kappa shape index (κ2) is 9.16. The van der Waals surface area contributed by atoms with E-state index in [0.717, 1.165) is 54.8 Å². The first-order valence-corrected chi connectivity index (χ1v) is 15.3. The van der Waals surface area contributed by atoms with Gasteiger partial charge in [-0.2, -0.15) is 0 Å². The fraction of sp³-hybridized carbons (Fsp3) is 0.968. The van der Waals surface area contributed by atoms with Crippen LogP contribution in [-0.2, 0) is 4.79 Å². The summed E-state index contributed by atoms with van der Waals surface area (Å²) in [6.45, 7) is 7.93. The third kappa shape index (κ3) is 4.04. The molecule has 0 aliphatic heterocycles. The van der Waals surface area contributed by atoms with Crippen molar-refractivity contribution in [2.75, 3.05) is 6.54 Å². The predicted octanol–water partition coefficient (Wildman–Crippen LogP) is 6.24. The van der Waals surface area contributed by atoms with E-state index >= 15 is 0 Å². The van der Waals surface area contributed by atoms with Gasteiger partial charge in [-0.1, -0.05) is 27.2 Å². The lowest BCUT2D eigenvalue weighted by Crippen LogP contribution is -2.53. The maximum Gasteiger partial charge on any atom is 0.150 e. The lowest BCUT2D eigenvalue weighted by Gasteiger charge is -2.56. The summed E-state index contributed by atoms with van der Waals surface area (Å²) in [5.41, 5.74) is 0.249. The molecule has 6 aliphatic carbocycles. The number of carbonyl (C=O) groups is 1. The minimum absolute atomic E-state index is 0.122. The first-order chi connectivity index (χ1) is 16.3. The van der Waals surface area contributed by atoms with E-state index in [2.05, 4.69) is 26.1 Å². The van der Waals surface area contributed by atoms with Crippen LogP contribution in [0.4, 0.5) is 0 Å². The van der Waals surface area contributed by atoms with Crippen molar-refractivity contribution >= 4 is 5.78 Å². The molecule has 12 unspecified atom stereocenters. The van der Waals surface area contributed by atoms with Gasteiger partial charge in [-0.05, 0) is 136 Å². The Kier molecular flexibility index (Phi) is 6.45. The van der Waals surface area contributed by atoms with Crippen LogP contribution in [0.5, 0.6) is 0 Å². The standard InChI is InChI=1S/C31H51NO2/c1-18-4-6-24-21(12-18)5-7-26-25(24)10-11-31(3)27(26)8-9-28(31)29(34)17-32-30-19(2)13-20-14-22(30)16-23(33)15-20/h18-28,30,32-33H,4-17H2,1-3H3/t18?,19?,20?,21?,22?,23?,24?,25?,26?,27?,28-,30?,31?/m1/s1. The highest BCUT2D eigenvalue weighted by atomic mass is 16.3. The summed E-state index contributed by atoms with van der Waals surface area (Å²) in [5.74, 6) is 8.28. The molecular weight excluding hydrogens is 418 g/mol. The Balaban J connectivity index is 1.10. The molecule has 2 bridgehead atoms. The van der Waals surface area contributed by atoms with Crippen LogP contribution >= 0.6 is 0 Å². The van der Waals surface area contributed by atoms with Gasteiger partial charge in [-0.25, -0.2) is 0 Å². The van der Waals surface area contributed by atoms with Gasteiger partial charge in [-0.15, -0.1) is 0 Å². The number of nitrogens with one attached hydrogen (secondary N) is 1. The van der Waals surface area contributed by atoms with Gasteiger partial charge in [0.2, 0.25) is 0 Å². The Morgan fingerprint density at radius 1 is 0.853 bits per heavy atom. The molecule has 0 aromatic heterocycles. The van der Waals surface area contributed by atoms with Crippen LogP contribution in [0.2, 0.25) is 0 Å². The summed E-state index contributed by atoms with van der Waals surface area (Å²) in [6, 6.07) is 0.417. The Labute approximate surface area is 208 Å². The highest BCUT2D eigenvalue weighted by Crippen LogP contribution is 2.64. The number of rotatable bonds is 4. The molecule has 6 saturated carbocycles. The minimum atomic E-state index is -0.122. The molecule has 0 spiro atoms. The maximum atomic E-state index is 13.7. The molecule has 6 rings (SSSR count). The molecule has 13 atom stereocenters. The topological polar surface area (TPSA) is 49.3 Å². The molecule has 0 radical (unpaired) electrons. The Hall–Kier alpha value is -0.410. The minimum Gasteiger partial charge on any atom is -0.393 e. The van der Waals surface area contributed by atoms with E-state index in [4.69, 9.17) is 0 Å². The van der Waals surface area contributed by atoms with Crippen LogP contribution in [0, 0.1) is 64.6 Å². The van der Waals surface area contributed by atoms with Gasteiger partial charge < -0.3 is 10.4 Å². The summed E-state index contributed by atoms with van der Waals surface area (Å²) < 4.78 is 0. The highest BCUT2D eigenvalue weighted by Gasteiger charge is 2.58. The SMILES string of the molecule is CC1CCC2C(CCC3C2CCC2(C)C3CC[C@@H]2C(=O)CNC2C(C)CC3CC(O)CC2C3)C1. The monoisotopic (exact) mass is 469 g/mol. The Morgan fingerprint density at radius 3 is 2.53 bits per heavy atom. The fourth-order valence-corrected chi connectivity index (χ4v) is 11.4. The smallest absolute Gasteiger partial charge is 0.150 e. The average molecular weight is 470 g/mol. The van der Waals surface area contributed by atoms with Gasteiger partial charge in [0.15, 0.2) is 0 Å². The van der Waals surface area contributed by atoms with Crippen LogP contribution in [0.3, 0.4) is 0 Å². The van der Waals surface area contributed by atoms with Crippen molar-refractivity contribution in [1.82, 2.24) is 5.32 Å². The molecule has 6 fully saturated rings. The number of ketones is 1. The third-order valence-electron chi connectivity index (χ3n) is 12.8. The zero-order valence-electron chi connectivity index (χ0n) is 22.2. The number of carbonyl (C=O) groups excluding carboxylic acids is 1. The number of aliphatic hydroxyl groups excluding tert-OH is 1. The Bertz CT molecular complexity index is 763. The number of hydrogen-bond donors (Lipinski definition) is 2. The summed E-state index contributed by atoms with van der Waals surface area (Å²) in [4.78, 5) is 13.7. The predicted molar refractivity (Wildman–Crippen MR) is 137 cm³/mol. The quantitative estimate of drug-likeness (QED) is 0.513. The van der Waals surface area contributed by atoms with Crippen molar-refractivity contribution in [2.45, 2.75) is 116 Å². The number of hydrogen-bond acceptors (Lipinski definition) is 3. The summed E-state index contributed by atoms with van der Waals surface area (Å²) in [5, 5.41) is 14.1. The molecule has 0 saturated heterocycles. The fourth-order valence-electron chi connectivity index (χ4n) is 11.4. The number of fused-ring (bicyclic) bond motifs is 7. The van der Waals surface area contributed by atoms with Gasteiger partial charge in [0.05, 0.1) is 12.6 Å². The molecule has 34 heavy (non-hydrogen) atoms. The van der Waals surface area contributed by atoms with E-state index in [1.54, 1.807) is 0 Å². The van der Waals surface area contributed by atoms with E-state index in [1.807, 2.05) is 0 Å². The molecular formula is C31H51NO2. The van der Waals surface area contributed by atoms with Gasteiger partial charge >= 0.3 is 0 Å². The van der Waals surface area contributed by atoms with E-state index in [1.165, 1.54) is 64.2 Å². The zero-order chi connectivity index (χ0) is 23.6. The lowest BCUT2D eigenvalue weighted by molar-refractivity contribution is -0.130. The number of Topliss-reactive ketones (excluding diaryl/α,β-unsaturated/α-hetero) is 1. The van der Waals surface area contributed by atoms with Crippen LogP contribution in [-0.4, -0.2) is 29.6 Å². The zero-order valence-corrected chi connectivity index (χ0v) is 22.2. The van der Waals surface area contributed by atoms with Gasteiger partial charge in [0.25, 0.3) is 0 Å². The maximum absolute atomic E-state index is 13.7. The largest absolute Gasteiger partial charge is 0.393 e. The van der Waals surface area contributed by atoms with Crippen molar-refractivity contribution < 1.29 is 9.90 Å². The molecule has 0 aromatic carbocycles. The van der Waals surface area contributed by atoms with Crippen LogP contribution in [0.1, 0.15) is 104 Å². The summed E-state index contributed by atoms with van der Waals surface area (Å²) in [7, 11) is 0. The van der Waals surface area contributed by atoms with Gasteiger partial charge in [0.1, 0.15) is 5.78 Å². The molecule has 2 N–H and O–H groups in total. The Morgan fingerprint density at radius 2 is 1.68 bits per heavy atom. The van der Waals surface area contributed by atoms with E-state index in [-0.39, 0.29) is 17.4 Å². The van der Waals surface area contributed by atoms with E-state index < -0.39 is 0 Å². The molecule has 0 amide bonds. The molecule has 3 heteroatoms. The van der Waals surface area contributed by atoms with Crippen LogP contribution < -0.4 is 5.32 Å². The first kappa shape index (κ1) is 24.0. The molecule has 0 aromatic rings. The first-order valence-electron chi connectivity index (χ1n) is 15.3. The molecule has 3 nitrogen and oxygen atoms in total. The van der Waals surface area contributed by atoms with Crippen molar-refractivity contribution in [3.05, 3.63) is 0 Å². The van der Waals surface area contributed by atoms with Crippen molar-refractivity contribution in [3.63, 3.8) is 0 Å². The van der Waals surface area contributed by atoms with Crippen LogP contribution in [0.25, 0.3) is 0 Å². The van der Waals surface area contributed by atoms with Gasteiger partial charge in [-0.3, -0.25) is 4.79 Å². The van der Waals surface area contributed by atoms with E-state index in [0.29, 0.717) is 36.1 Å². The molecule has 6 aliphatic rings. The van der Waals surface area contributed by atoms with Crippen molar-refractivity contribution in [3.8, 4) is 0 Å². The van der Waals surface area contributed by atoms with Crippen LogP contribution in [0.15, 0.2) is 0 Å². The van der Waals surface area contributed by atoms with E-state index in [9.17, 15) is 9.90 Å². The molecule has 192 valence electrons. The highest BCUT2D eigenvalue weighted by molar-refractivity contribution is 5.84. The number of aliphatic hydroxyl groups is 1. The second-order valence-corrected chi connectivity index (χ2v) is 14.6. The average Bonchev–Trinajstić information content (AvgIpc) is 3.15. The second-order valence-electron chi connectivity index (χ2n) is 14.6. The third-order valence-corrected chi connectivity index (χ3v) is 12.8.